The van der Waals surface area contributed by atoms with Crippen molar-refractivity contribution in [3.05, 3.63) is 29.8 Å². The van der Waals surface area contributed by atoms with Crippen molar-refractivity contribution < 1.29 is 13.7 Å². The number of amides is 1. The van der Waals surface area contributed by atoms with Gasteiger partial charge in [-0.2, -0.15) is 0 Å². The van der Waals surface area contributed by atoms with Crippen molar-refractivity contribution in [3.8, 4) is 0 Å². The van der Waals surface area contributed by atoms with Crippen LogP contribution in [-0.2, 0) is 26.9 Å². The predicted octanol–water partition coefficient (Wildman–Crippen LogP) is 1.40. The Bertz CT molecular complexity index is 521. The number of hydrogen-bond acceptors (Lipinski definition) is 4. The molecule has 1 fully saturated rings. The molecule has 1 heterocycles. The van der Waals surface area contributed by atoms with E-state index in [1.807, 2.05) is 31.2 Å². The molecule has 6 heteroatoms. The van der Waals surface area contributed by atoms with E-state index in [1.54, 1.807) is 0 Å². The Labute approximate surface area is 127 Å². The molecule has 1 aromatic carbocycles. The number of hydrogen-bond donors (Lipinski definition) is 2. The van der Waals surface area contributed by atoms with Crippen molar-refractivity contribution in [2.45, 2.75) is 37.7 Å². The number of anilines is 1. The van der Waals surface area contributed by atoms with E-state index in [9.17, 15) is 9.00 Å². The van der Waals surface area contributed by atoms with Crippen LogP contribution >= 0.6 is 0 Å². The molecular weight excluding hydrogens is 288 g/mol. The summed E-state index contributed by atoms with van der Waals surface area (Å²) >= 11 is 0. The van der Waals surface area contributed by atoms with Gasteiger partial charge >= 0.3 is 0 Å². The molecule has 1 aliphatic heterocycles. The molecule has 21 heavy (non-hydrogen) atoms. The summed E-state index contributed by atoms with van der Waals surface area (Å²) < 4.78 is 17.6. The first kappa shape index (κ1) is 16.1. The monoisotopic (exact) mass is 310 g/mol. The van der Waals surface area contributed by atoms with E-state index in [4.69, 9.17) is 10.5 Å². The van der Waals surface area contributed by atoms with Crippen LogP contribution in [0.3, 0.4) is 0 Å². The number of carbonyl (C=O) groups is 1. The van der Waals surface area contributed by atoms with E-state index in [0.717, 1.165) is 17.7 Å². The third-order valence-corrected chi connectivity index (χ3v) is 5.52. The molecule has 1 aliphatic rings. The fraction of sp³-hybridized carbons (Fsp3) is 0.533. The molecule has 0 aliphatic carbocycles. The number of ether oxygens (including phenoxy) is 1. The van der Waals surface area contributed by atoms with Crippen LogP contribution in [0.1, 0.15) is 25.3 Å². The van der Waals surface area contributed by atoms with Gasteiger partial charge in [0.05, 0.1) is 11.4 Å². The van der Waals surface area contributed by atoms with Gasteiger partial charge in [0.2, 0.25) is 5.91 Å². The molecule has 3 N–H and O–H groups in total. The van der Waals surface area contributed by atoms with E-state index >= 15 is 0 Å². The molecule has 3 unspecified atom stereocenters. The number of nitrogens with one attached hydrogen (secondary N) is 1. The third kappa shape index (κ3) is 4.62. The predicted molar refractivity (Wildman–Crippen MR) is 84.4 cm³/mol. The van der Waals surface area contributed by atoms with Crippen molar-refractivity contribution >= 4 is 22.4 Å². The molecule has 1 saturated heterocycles. The fourth-order valence-corrected chi connectivity index (χ4v) is 3.96. The Hall–Kier alpha value is -1.24. The summed E-state index contributed by atoms with van der Waals surface area (Å²) in [5.74, 6) is 0.255. The molecule has 0 spiro atoms. The minimum Gasteiger partial charge on any atom is -0.377 e. The van der Waals surface area contributed by atoms with Gasteiger partial charge in [0.1, 0.15) is 0 Å². The highest BCUT2D eigenvalue weighted by molar-refractivity contribution is 7.85. The fourth-order valence-electron chi connectivity index (χ4n) is 2.40. The highest BCUT2D eigenvalue weighted by Gasteiger charge is 2.29. The van der Waals surface area contributed by atoms with E-state index in [-0.39, 0.29) is 23.7 Å². The first-order valence-corrected chi connectivity index (χ1v) is 8.56. The zero-order chi connectivity index (χ0) is 15.2. The van der Waals surface area contributed by atoms with Crippen LogP contribution < -0.4 is 11.1 Å². The SMILES string of the molecule is CC1OCCC1S(=O)CCC(=O)Nc1cccc(CN)c1. The van der Waals surface area contributed by atoms with Crippen molar-refractivity contribution in [1.82, 2.24) is 0 Å². The lowest BCUT2D eigenvalue weighted by Gasteiger charge is -2.13. The Balaban J connectivity index is 1.80. The zero-order valence-electron chi connectivity index (χ0n) is 12.2. The second-order valence-corrected chi connectivity index (χ2v) is 6.97. The lowest BCUT2D eigenvalue weighted by atomic mass is 10.2. The van der Waals surface area contributed by atoms with Crippen LogP contribution in [-0.4, -0.2) is 33.8 Å². The number of nitrogens with two attached hydrogens (primary N) is 1. The Morgan fingerprint density at radius 1 is 1.52 bits per heavy atom. The number of carbonyl (C=O) groups excluding carboxylic acids is 1. The highest BCUT2D eigenvalue weighted by atomic mass is 32.2. The largest absolute Gasteiger partial charge is 0.377 e. The normalized spacial score (nSPS) is 23.0. The van der Waals surface area contributed by atoms with Gasteiger partial charge in [-0.25, -0.2) is 0 Å². The second kappa shape index (κ2) is 7.68. The smallest absolute Gasteiger partial charge is 0.225 e. The van der Waals surface area contributed by atoms with Gasteiger partial charge in [-0.3, -0.25) is 9.00 Å². The summed E-state index contributed by atoms with van der Waals surface area (Å²) in [5.41, 5.74) is 7.26. The van der Waals surface area contributed by atoms with Gasteiger partial charge in [0.25, 0.3) is 0 Å². The molecule has 1 amide bonds. The molecule has 1 aromatic rings. The third-order valence-electron chi connectivity index (χ3n) is 3.62. The molecule has 0 aromatic heterocycles. The molecule has 2 rings (SSSR count). The Morgan fingerprint density at radius 3 is 3.00 bits per heavy atom. The number of benzene rings is 1. The summed E-state index contributed by atoms with van der Waals surface area (Å²) in [6, 6.07) is 7.43. The van der Waals surface area contributed by atoms with Crippen LogP contribution in [0.4, 0.5) is 5.69 Å². The van der Waals surface area contributed by atoms with Gasteiger partial charge in [-0.15, -0.1) is 0 Å². The molecule has 3 atom stereocenters. The van der Waals surface area contributed by atoms with Crippen molar-refractivity contribution in [3.63, 3.8) is 0 Å². The van der Waals surface area contributed by atoms with E-state index < -0.39 is 10.8 Å². The van der Waals surface area contributed by atoms with Crippen LogP contribution in [0.15, 0.2) is 24.3 Å². The molecule has 0 saturated carbocycles. The van der Waals surface area contributed by atoms with E-state index in [0.29, 0.717) is 18.9 Å². The van der Waals surface area contributed by atoms with E-state index in [1.165, 1.54) is 0 Å². The van der Waals surface area contributed by atoms with Gasteiger partial charge in [0, 0.05) is 41.8 Å². The first-order chi connectivity index (χ1) is 10.1. The van der Waals surface area contributed by atoms with Gasteiger partial charge in [-0.1, -0.05) is 12.1 Å². The lowest BCUT2D eigenvalue weighted by molar-refractivity contribution is -0.115. The maximum Gasteiger partial charge on any atom is 0.225 e. The quantitative estimate of drug-likeness (QED) is 0.832. The van der Waals surface area contributed by atoms with Gasteiger partial charge in [0.15, 0.2) is 0 Å². The molecular formula is C15H22N2O3S. The average Bonchev–Trinajstić information content (AvgIpc) is 2.91. The summed E-state index contributed by atoms with van der Waals surface area (Å²) in [6.07, 6.45) is 1.09. The van der Waals surface area contributed by atoms with E-state index in [2.05, 4.69) is 5.32 Å². The lowest BCUT2D eigenvalue weighted by Crippen LogP contribution is -2.26. The van der Waals surface area contributed by atoms with Crippen molar-refractivity contribution in [1.29, 1.82) is 0 Å². The first-order valence-electron chi connectivity index (χ1n) is 7.18. The van der Waals surface area contributed by atoms with Crippen LogP contribution in [0.5, 0.6) is 0 Å². The summed E-state index contributed by atoms with van der Waals surface area (Å²) in [6.45, 7) is 3.04. The highest BCUT2D eigenvalue weighted by Crippen LogP contribution is 2.19. The average molecular weight is 310 g/mol. The Kier molecular flexibility index (Phi) is 5.90. The Morgan fingerprint density at radius 2 is 2.33 bits per heavy atom. The van der Waals surface area contributed by atoms with Gasteiger partial charge in [-0.05, 0) is 31.0 Å². The summed E-state index contributed by atoms with van der Waals surface area (Å²) in [4.78, 5) is 11.9. The summed E-state index contributed by atoms with van der Waals surface area (Å²) in [7, 11) is -1.02. The summed E-state index contributed by atoms with van der Waals surface area (Å²) in [5, 5.41) is 2.87. The molecule has 0 bridgehead atoms. The minimum atomic E-state index is -1.02. The molecule has 116 valence electrons. The molecule has 5 nitrogen and oxygen atoms in total. The van der Waals surface area contributed by atoms with Gasteiger partial charge < -0.3 is 15.8 Å². The maximum absolute atomic E-state index is 12.1. The molecule has 0 radical (unpaired) electrons. The van der Waals surface area contributed by atoms with Crippen molar-refractivity contribution in [2.24, 2.45) is 5.73 Å². The minimum absolute atomic E-state index is 0.0233. The van der Waals surface area contributed by atoms with Crippen molar-refractivity contribution in [2.75, 3.05) is 17.7 Å². The zero-order valence-corrected chi connectivity index (χ0v) is 13.0. The van der Waals surface area contributed by atoms with Crippen LogP contribution in [0.25, 0.3) is 0 Å². The standard InChI is InChI=1S/C15H22N2O3S/c1-11-14(5-7-20-11)21(19)8-6-15(18)17-13-4-2-3-12(9-13)10-16/h2-4,9,11,14H,5-8,10,16H2,1H3,(H,17,18). The topological polar surface area (TPSA) is 81.4 Å². The second-order valence-electron chi connectivity index (χ2n) is 5.19. The van der Waals surface area contributed by atoms with Crippen LogP contribution in [0.2, 0.25) is 0 Å². The van der Waals surface area contributed by atoms with Crippen LogP contribution in [0, 0.1) is 0 Å². The maximum atomic E-state index is 12.1. The number of rotatable bonds is 6.